The van der Waals surface area contributed by atoms with Gasteiger partial charge in [-0.05, 0) is 61.1 Å². The largest absolute Gasteiger partial charge is 0.497 e. The van der Waals surface area contributed by atoms with Crippen molar-refractivity contribution in [1.29, 1.82) is 0 Å². The second-order valence-electron chi connectivity index (χ2n) is 6.06. The molecule has 0 aliphatic heterocycles. The summed E-state index contributed by atoms with van der Waals surface area (Å²) in [6.45, 7) is 1.91. The number of amides is 1. The van der Waals surface area contributed by atoms with Gasteiger partial charge in [0, 0.05) is 5.71 Å². The molecule has 1 N–H and O–H groups in total. The van der Waals surface area contributed by atoms with Gasteiger partial charge in [-0.15, -0.1) is 0 Å². The first-order valence-corrected chi connectivity index (χ1v) is 8.10. The van der Waals surface area contributed by atoms with Crippen LogP contribution in [0.5, 0.6) is 5.75 Å². The van der Waals surface area contributed by atoms with Crippen LogP contribution in [0.3, 0.4) is 0 Å². The van der Waals surface area contributed by atoms with Gasteiger partial charge in [0.2, 0.25) is 5.91 Å². The van der Waals surface area contributed by atoms with Crippen molar-refractivity contribution < 1.29 is 9.53 Å². The van der Waals surface area contributed by atoms with E-state index in [4.69, 9.17) is 4.74 Å². The fourth-order valence-electron chi connectivity index (χ4n) is 2.92. The lowest BCUT2D eigenvalue weighted by molar-refractivity contribution is -0.122. The zero-order chi connectivity index (χ0) is 16.2. The summed E-state index contributed by atoms with van der Waals surface area (Å²) in [5, 5.41) is 6.46. The van der Waals surface area contributed by atoms with E-state index in [1.165, 1.54) is 12.8 Å². The van der Waals surface area contributed by atoms with Gasteiger partial charge >= 0.3 is 0 Å². The molecule has 1 fully saturated rings. The molecule has 1 aliphatic carbocycles. The van der Waals surface area contributed by atoms with Crippen molar-refractivity contribution in [3.63, 3.8) is 0 Å². The van der Waals surface area contributed by atoms with E-state index in [0.29, 0.717) is 0 Å². The van der Waals surface area contributed by atoms with Crippen LogP contribution in [0.15, 0.2) is 41.5 Å². The SMILES string of the molecule is COc1ccc2cc(C(C)C(=O)NN=C3CCCC3)ccc2c1. The van der Waals surface area contributed by atoms with Crippen LogP contribution in [0.1, 0.15) is 44.1 Å². The lowest BCUT2D eigenvalue weighted by Gasteiger charge is -2.12. The molecule has 1 saturated carbocycles. The third kappa shape index (κ3) is 3.52. The molecular weight excluding hydrogens is 288 g/mol. The topological polar surface area (TPSA) is 50.7 Å². The Balaban J connectivity index is 1.75. The Kier molecular flexibility index (Phi) is 4.60. The summed E-state index contributed by atoms with van der Waals surface area (Å²) in [6, 6.07) is 12.0. The number of methoxy groups -OCH3 is 1. The van der Waals surface area contributed by atoms with E-state index < -0.39 is 0 Å². The Morgan fingerprint density at radius 2 is 1.83 bits per heavy atom. The standard InChI is InChI=1S/C19H22N2O2/c1-13(19(22)21-20-17-5-3-4-6-17)14-7-8-16-12-18(23-2)10-9-15(16)11-14/h7-13H,3-6H2,1-2H3,(H,21,22). The molecule has 2 aromatic carbocycles. The number of hydrogen-bond donors (Lipinski definition) is 1. The average molecular weight is 310 g/mol. The Morgan fingerprint density at radius 1 is 1.13 bits per heavy atom. The lowest BCUT2D eigenvalue weighted by atomic mass is 9.97. The number of nitrogens with zero attached hydrogens (tertiary/aromatic N) is 1. The Bertz CT molecular complexity index is 744. The van der Waals surface area contributed by atoms with E-state index in [-0.39, 0.29) is 11.8 Å². The Morgan fingerprint density at radius 3 is 2.57 bits per heavy atom. The van der Waals surface area contributed by atoms with Crippen LogP contribution in [0.4, 0.5) is 0 Å². The highest BCUT2D eigenvalue weighted by Crippen LogP contribution is 2.25. The predicted molar refractivity (Wildman–Crippen MR) is 93.0 cm³/mol. The number of nitrogens with one attached hydrogen (secondary N) is 1. The van der Waals surface area contributed by atoms with Crippen LogP contribution >= 0.6 is 0 Å². The number of hydrazone groups is 1. The van der Waals surface area contributed by atoms with Gasteiger partial charge in [0.25, 0.3) is 0 Å². The fraction of sp³-hybridized carbons (Fsp3) is 0.368. The van der Waals surface area contributed by atoms with Gasteiger partial charge in [-0.3, -0.25) is 4.79 Å². The quantitative estimate of drug-likeness (QED) is 0.868. The lowest BCUT2D eigenvalue weighted by Crippen LogP contribution is -2.24. The minimum absolute atomic E-state index is 0.0581. The number of fused-ring (bicyclic) bond motifs is 1. The van der Waals surface area contributed by atoms with Crippen molar-refractivity contribution in [2.24, 2.45) is 5.10 Å². The third-order valence-corrected chi connectivity index (χ3v) is 4.47. The maximum Gasteiger partial charge on any atom is 0.247 e. The van der Waals surface area contributed by atoms with Gasteiger partial charge in [0.1, 0.15) is 5.75 Å². The molecule has 0 aromatic heterocycles. The van der Waals surface area contributed by atoms with Crippen LogP contribution in [0.25, 0.3) is 10.8 Å². The summed E-state index contributed by atoms with van der Waals surface area (Å²) in [5.41, 5.74) is 4.82. The number of benzene rings is 2. The molecule has 0 spiro atoms. The van der Waals surface area contributed by atoms with Gasteiger partial charge in [-0.2, -0.15) is 5.10 Å². The summed E-state index contributed by atoms with van der Waals surface area (Å²) in [7, 11) is 1.66. The fourth-order valence-corrected chi connectivity index (χ4v) is 2.92. The van der Waals surface area contributed by atoms with Crippen LogP contribution in [0.2, 0.25) is 0 Å². The van der Waals surface area contributed by atoms with E-state index in [0.717, 1.165) is 40.6 Å². The minimum Gasteiger partial charge on any atom is -0.497 e. The molecule has 2 aromatic rings. The Labute approximate surface area is 136 Å². The summed E-state index contributed by atoms with van der Waals surface area (Å²) in [5.74, 6) is 0.549. The van der Waals surface area contributed by atoms with Crippen LogP contribution in [-0.2, 0) is 4.79 Å². The van der Waals surface area contributed by atoms with Crippen LogP contribution in [0, 0.1) is 0 Å². The maximum absolute atomic E-state index is 12.3. The van der Waals surface area contributed by atoms with Crippen molar-refractivity contribution in [3.8, 4) is 5.75 Å². The molecule has 120 valence electrons. The second kappa shape index (κ2) is 6.82. The van der Waals surface area contributed by atoms with E-state index >= 15 is 0 Å². The molecule has 1 unspecified atom stereocenters. The number of ether oxygens (including phenoxy) is 1. The molecule has 4 nitrogen and oxygen atoms in total. The minimum atomic E-state index is -0.229. The molecule has 23 heavy (non-hydrogen) atoms. The first kappa shape index (κ1) is 15.5. The van der Waals surface area contributed by atoms with Crippen molar-refractivity contribution in [1.82, 2.24) is 5.43 Å². The summed E-state index contributed by atoms with van der Waals surface area (Å²) < 4.78 is 5.24. The molecule has 0 radical (unpaired) electrons. The number of hydrogen-bond acceptors (Lipinski definition) is 3. The second-order valence-corrected chi connectivity index (χ2v) is 6.06. The molecule has 0 saturated heterocycles. The van der Waals surface area contributed by atoms with Crippen LogP contribution in [-0.4, -0.2) is 18.7 Å². The molecule has 4 heteroatoms. The van der Waals surface area contributed by atoms with Gasteiger partial charge in [0.05, 0.1) is 13.0 Å². The zero-order valence-corrected chi connectivity index (χ0v) is 13.6. The molecule has 0 heterocycles. The monoisotopic (exact) mass is 310 g/mol. The maximum atomic E-state index is 12.3. The molecular formula is C19H22N2O2. The number of carbonyl (C=O) groups excluding carboxylic acids is 1. The van der Waals surface area contributed by atoms with E-state index in [1.54, 1.807) is 7.11 Å². The van der Waals surface area contributed by atoms with Crippen molar-refractivity contribution in [2.45, 2.75) is 38.5 Å². The van der Waals surface area contributed by atoms with Crippen LogP contribution < -0.4 is 10.2 Å². The number of carbonyl (C=O) groups is 1. The van der Waals surface area contributed by atoms with E-state index in [2.05, 4.69) is 16.6 Å². The number of rotatable bonds is 4. The highest BCUT2D eigenvalue weighted by Gasteiger charge is 2.16. The van der Waals surface area contributed by atoms with Crippen molar-refractivity contribution >= 4 is 22.4 Å². The third-order valence-electron chi connectivity index (χ3n) is 4.47. The average Bonchev–Trinajstić information content (AvgIpc) is 3.11. The predicted octanol–water partition coefficient (Wildman–Crippen LogP) is 4.00. The Hall–Kier alpha value is -2.36. The normalized spacial score (nSPS) is 15.5. The smallest absolute Gasteiger partial charge is 0.247 e. The van der Waals surface area contributed by atoms with Gasteiger partial charge in [-0.1, -0.05) is 24.3 Å². The van der Waals surface area contributed by atoms with Gasteiger partial charge < -0.3 is 4.74 Å². The molecule has 1 aliphatic rings. The van der Waals surface area contributed by atoms with Gasteiger partial charge in [0.15, 0.2) is 0 Å². The molecule has 0 bridgehead atoms. The zero-order valence-electron chi connectivity index (χ0n) is 13.6. The first-order chi connectivity index (χ1) is 11.2. The summed E-state index contributed by atoms with van der Waals surface area (Å²) >= 11 is 0. The van der Waals surface area contributed by atoms with Crippen molar-refractivity contribution in [3.05, 3.63) is 42.0 Å². The van der Waals surface area contributed by atoms with Gasteiger partial charge in [-0.25, -0.2) is 5.43 Å². The van der Waals surface area contributed by atoms with E-state index in [1.807, 2.05) is 37.3 Å². The molecule has 1 amide bonds. The first-order valence-electron chi connectivity index (χ1n) is 8.10. The highest BCUT2D eigenvalue weighted by atomic mass is 16.5. The highest BCUT2D eigenvalue weighted by molar-refractivity contribution is 5.90. The summed E-state index contributed by atoms with van der Waals surface area (Å²) in [6.07, 6.45) is 4.37. The van der Waals surface area contributed by atoms with E-state index in [9.17, 15) is 4.79 Å². The van der Waals surface area contributed by atoms with Crippen molar-refractivity contribution in [2.75, 3.05) is 7.11 Å². The molecule has 3 rings (SSSR count). The summed E-state index contributed by atoms with van der Waals surface area (Å²) in [4.78, 5) is 12.3. The molecule has 1 atom stereocenters.